The Hall–Kier alpha value is -3.03. The highest BCUT2D eigenvalue weighted by Crippen LogP contribution is 2.32. The first-order valence-corrected chi connectivity index (χ1v) is 11.8. The van der Waals surface area contributed by atoms with Crippen molar-refractivity contribution < 1.29 is 22.7 Å². The van der Waals surface area contributed by atoms with E-state index in [2.05, 4.69) is 0 Å². The Labute approximate surface area is 192 Å². The van der Waals surface area contributed by atoms with Gasteiger partial charge in [-0.15, -0.1) is 0 Å². The highest BCUT2D eigenvalue weighted by molar-refractivity contribution is 7.89. The lowest BCUT2D eigenvalue weighted by Gasteiger charge is -2.29. The van der Waals surface area contributed by atoms with Gasteiger partial charge in [-0.25, -0.2) is 12.7 Å². The normalized spacial score (nSPS) is 16.2. The predicted molar refractivity (Wildman–Crippen MR) is 122 cm³/mol. The largest absolute Gasteiger partial charge is 0.497 e. The number of hydrogen-bond acceptors (Lipinski definition) is 5. The van der Waals surface area contributed by atoms with Gasteiger partial charge in [-0.2, -0.15) is 0 Å². The molecule has 8 heteroatoms. The Morgan fingerprint density at radius 2 is 1.75 bits per heavy atom. The molecule has 1 amide bonds. The molecule has 1 atom stereocenters. The van der Waals surface area contributed by atoms with Gasteiger partial charge < -0.3 is 9.47 Å². The van der Waals surface area contributed by atoms with Crippen LogP contribution in [-0.4, -0.2) is 38.4 Å². The van der Waals surface area contributed by atoms with Crippen LogP contribution in [0, 0.1) is 6.92 Å². The first-order valence-electron chi connectivity index (χ1n) is 10.0. The Kier molecular flexibility index (Phi) is 6.13. The van der Waals surface area contributed by atoms with Crippen molar-refractivity contribution in [1.29, 1.82) is 0 Å². The molecule has 0 spiro atoms. The van der Waals surface area contributed by atoms with Crippen LogP contribution in [0.4, 0.5) is 0 Å². The van der Waals surface area contributed by atoms with Crippen molar-refractivity contribution in [2.75, 3.05) is 13.7 Å². The molecule has 3 aromatic carbocycles. The molecule has 0 radical (unpaired) electrons. The first-order chi connectivity index (χ1) is 15.3. The number of methoxy groups -OCH3 is 1. The van der Waals surface area contributed by atoms with E-state index in [1.165, 1.54) is 18.2 Å². The monoisotopic (exact) mass is 471 g/mol. The van der Waals surface area contributed by atoms with Gasteiger partial charge in [0.15, 0.2) is 0 Å². The molecule has 0 aliphatic carbocycles. The average Bonchev–Trinajstić information content (AvgIpc) is 2.91. The zero-order valence-electron chi connectivity index (χ0n) is 17.6. The number of hydrogen-bond donors (Lipinski definition) is 0. The smallest absolute Gasteiger partial charge is 0.271 e. The quantitative estimate of drug-likeness (QED) is 0.548. The van der Waals surface area contributed by atoms with Crippen LogP contribution >= 0.6 is 11.6 Å². The Morgan fingerprint density at radius 3 is 2.41 bits per heavy atom. The summed E-state index contributed by atoms with van der Waals surface area (Å²) in [6.45, 7) is 1.88. The fourth-order valence-electron chi connectivity index (χ4n) is 3.64. The predicted octanol–water partition coefficient (Wildman–Crippen LogP) is 4.49. The van der Waals surface area contributed by atoms with E-state index in [9.17, 15) is 13.2 Å². The van der Waals surface area contributed by atoms with E-state index in [0.717, 1.165) is 15.4 Å². The maximum atomic E-state index is 13.7. The van der Waals surface area contributed by atoms with Crippen LogP contribution in [0.15, 0.2) is 71.6 Å². The molecule has 1 aliphatic rings. The van der Waals surface area contributed by atoms with Gasteiger partial charge in [0, 0.05) is 5.02 Å². The van der Waals surface area contributed by atoms with Gasteiger partial charge >= 0.3 is 0 Å². The van der Waals surface area contributed by atoms with Crippen LogP contribution in [0.25, 0.3) is 0 Å². The molecule has 6 nitrogen and oxygen atoms in total. The minimum Gasteiger partial charge on any atom is -0.497 e. The summed E-state index contributed by atoms with van der Waals surface area (Å²) in [5.41, 5.74) is 1.88. The third-order valence-corrected chi connectivity index (χ3v) is 7.43. The number of sulfonamides is 1. The molecule has 0 N–H and O–H groups in total. The highest BCUT2D eigenvalue weighted by atomic mass is 35.5. The summed E-state index contributed by atoms with van der Waals surface area (Å²) in [6, 6.07) is 17.6. The second-order valence-electron chi connectivity index (χ2n) is 7.58. The summed E-state index contributed by atoms with van der Waals surface area (Å²) in [5, 5.41) is 0.321. The van der Waals surface area contributed by atoms with E-state index in [1.54, 1.807) is 43.5 Å². The molecule has 0 bridgehead atoms. The van der Waals surface area contributed by atoms with Gasteiger partial charge in [0.25, 0.3) is 15.9 Å². The van der Waals surface area contributed by atoms with Crippen molar-refractivity contribution >= 4 is 27.5 Å². The molecule has 1 heterocycles. The lowest BCUT2D eigenvalue weighted by molar-refractivity contribution is 0.0814. The summed E-state index contributed by atoms with van der Waals surface area (Å²) in [7, 11) is -2.58. The summed E-state index contributed by atoms with van der Waals surface area (Å²) < 4.78 is 39.3. The van der Waals surface area contributed by atoms with Gasteiger partial charge in [-0.3, -0.25) is 4.79 Å². The third-order valence-electron chi connectivity index (χ3n) is 5.34. The molecule has 3 aromatic rings. The van der Waals surface area contributed by atoms with E-state index in [0.29, 0.717) is 16.5 Å². The molecular formula is C24H22ClNO5S. The fraction of sp³-hybridized carbons (Fsp3) is 0.208. The Balaban J connectivity index is 1.79. The number of carbonyl (C=O) groups is 1. The van der Waals surface area contributed by atoms with E-state index < -0.39 is 22.0 Å². The number of nitrogens with zero attached hydrogens (tertiary/aromatic N) is 1. The van der Waals surface area contributed by atoms with Crippen LogP contribution < -0.4 is 9.47 Å². The lowest BCUT2D eigenvalue weighted by Crippen LogP contribution is -2.47. The second kappa shape index (κ2) is 8.84. The van der Waals surface area contributed by atoms with E-state index in [1.807, 2.05) is 19.1 Å². The molecule has 4 rings (SSSR count). The summed E-state index contributed by atoms with van der Waals surface area (Å²) in [6.07, 6.45) is 0.280. The van der Waals surface area contributed by atoms with Crippen molar-refractivity contribution in [3.05, 3.63) is 88.4 Å². The molecule has 1 unspecified atom stereocenters. The van der Waals surface area contributed by atoms with Gasteiger partial charge in [-0.05, 0) is 61.4 Å². The zero-order chi connectivity index (χ0) is 22.9. The van der Waals surface area contributed by atoms with Crippen LogP contribution in [0.1, 0.15) is 21.5 Å². The van der Waals surface area contributed by atoms with Gasteiger partial charge in [0.05, 0.1) is 23.6 Å². The molecular weight excluding hydrogens is 450 g/mol. The number of benzene rings is 3. The number of aryl methyl sites for hydroxylation is 1. The molecule has 32 heavy (non-hydrogen) atoms. The summed E-state index contributed by atoms with van der Waals surface area (Å²) in [4.78, 5) is 13.6. The van der Waals surface area contributed by atoms with Crippen molar-refractivity contribution in [1.82, 2.24) is 4.31 Å². The fourth-order valence-corrected chi connectivity index (χ4v) is 5.36. The molecule has 0 fully saturated rings. The topological polar surface area (TPSA) is 72.9 Å². The summed E-state index contributed by atoms with van der Waals surface area (Å²) >= 11 is 6.10. The van der Waals surface area contributed by atoms with Crippen LogP contribution in [0.2, 0.25) is 5.02 Å². The van der Waals surface area contributed by atoms with Crippen molar-refractivity contribution in [2.24, 2.45) is 0 Å². The number of rotatable bonds is 5. The number of ether oxygens (including phenoxy) is 2. The van der Waals surface area contributed by atoms with Crippen molar-refractivity contribution in [2.45, 2.75) is 24.3 Å². The number of amides is 1. The molecule has 0 aromatic heterocycles. The number of carbonyl (C=O) groups excluding carboxylic acids is 1. The SMILES string of the molecule is COc1ccc(CC2COc3ccc(Cl)cc3C(=O)N2S(=O)(=O)c2ccc(C)cc2)cc1. The lowest BCUT2D eigenvalue weighted by atomic mass is 10.1. The van der Waals surface area contributed by atoms with Gasteiger partial charge in [0.1, 0.15) is 18.1 Å². The Morgan fingerprint density at radius 1 is 1.06 bits per heavy atom. The van der Waals surface area contributed by atoms with Gasteiger partial charge in [0.2, 0.25) is 0 Å². The summed E-state index contributed by atoms with van der Waals surface area (Å²) in [5.74, 6) is 0.327. The van der Waals surface area contributed by atoms with Crippen molar-refractivity contribution in [3.63, 3.8) is 0 Å². The molecule has 166 valence electrons. The average molecular weight is 472 g/mol. The highest BCUT2D eigenvalue weighted by Gasteiger charge is 2.40. The minimum absolute atomic E-state index is 0.0114. The minimum atomic E-state index is -4.15. The molecule has 0 saturated heterocycles. The van der Waals surface area contributed by atoms with Gasteiger partial charge in [-0.1, -0.05) is 41.4 Å². The van der Waals surface area contributed by atoms with E-state index >= 15 is 0 Å². The standard InChI is InChI=1S/C24H22ClNO5S/c1-16-3-10-21(11-4-16)32(28,29)26-19(13-17-5-8-20(30-2)9-6-17)15-31-23-12-7-18(25)14-22(23)24(26)27/h3-12,14,19H,13,15H2,1-2H3. The van der Waals surface area contributed by atoms with Crippen LogP contribution in [0.3, 0.4) is 0 Å². The van der Waals surface area contributed by atoms with E-state index in [4.69, 9.17) is 21.1 Å². The van der Waals surface area contributed by atoms with Crippen LogP contribution in [-0.2, 0) is 16.4 Å². The van der Waals surface area contributed by atoms with Crippen LogP contribution in [0.5, 0.6) is 11.5 Å². The second-order valence-corrected chi connectivity index (χ2v) is 9.83. The molecule has 0 saturated carbocycles. The van der Waals surface area contributed by atoms with E-state index in [-0.39, 0.29) is 23.5 Å². The zero-order valence-corrected chi connectivity index (χ0v) is 19.2. The first kappa shape index (κ1) is 22.2. The Bertz CT molecular complexity index is 1240. The maximum absolute atomic E-state index is 13.7. The number of halogens is 1. The molecule has 1 aliphatic heterocycles. The third kappa shape index (κ3) is 4.31. The maximum Gasteiger partial charge on any atom is 0.271 e. The van der Waals surface area contributed by atoms with Crippen molar-refractivity contribution in [3.8, 4) is 11.5 Å². The number of fused-ring (bicyclic) bond motifs is 1.